The molecule has 0 bridgehead atoms. The van der Waals surface area contributed by atoms with Crippen LogP contribution in [0.4, 0.5) is 0 Å². The Bertz CT molecular complexity index is 259. The molecule has 1 N–H and O–H groups in total. The van der Waals surface area contributed by atoms with Crippen molar-refractivity contribution < 1.29 is 0 Å². The summed E-state index contributed by atoms with van der Waals surface area (Å²) in [5, 5.41) is 3.73. The van der Waals surface area contributed by atoms with E-state index < -0.39 is 0 Å². The van der Waals surface area contributed by atoms with Crippen LogP contribution in [-0.2, 0) is 0 Å². The lowest BCUT2D eigenvalue weighted by Gasteiger charge is -2.45. The molecular formula is C18H37NS. The number of rotatable bonds is 7. The minimum absolute atomic E-state index is 0.496. The van der Waals surface area contributed by atoms with E-state index >= 15 is 0 Å². The minimum Gasteiger partial charge on any atom is -0.314 e. The van der Waals surface area contributed by atoms with Crippen molar-refractivity contribution in [1.82, 2.24) is 5.32 Å². The molecule has 20 heavy (non-hydrogen) atoms. The van der Waals surface area contributed by atoms with Crippen LogP contribution < -0.4 is 5.32 Å². The molecule has 0 unspecified atom stereocenters. The van der Waals surface area contributed by atoms with E-state index in [9.17, 15) is 0 Å². The predicted octanol–water partition coefficient (Wildman–Crippen LogP) is 5.35. The van der Waals surface area contributed by atoms with Crippen LogP contribution in [-0.4, -0.2) is 24.1 Å². The van der Waals surface area contributed by atoms with Crippen LogP contribution in [0.3, 0.4) is 0 Å². The first-order chi connectivity index (χ1) is 9.29. The van der Waals surface area contributed by atoms with Gasteiger partial charge in [0.1, 0.15) is 0 Å². The molecule has 2 heteroatoms. The highest BCUT2D eigenvalue weighted by molar-refractivity contribution is 7.99. The number of hydrogen-bond acceptors (Lipinski definition) is 2. The molecule has 1 saturated carbocycles. The fourth-order valence-corrected chi connectivity index (χ4v) is 4.33. The Morgan fingerprint density at radius 3 is 2.25 bits per heavy atom. The van der Waals surface area contributed by atoms with Gasteiger partial charge in [-0.15, -0.1) is 0 Å². The zero-order valence-corrected chi connectivity index (χ0v) is 15.5. The molecule has 0 heterocycles. The van der Waals surface area contributed by atoms with Crippen molar-refractivity contribution in [2.45, 2.75) is 79.7 Å². The highest BCUT2D eigenvalue weighted by atomic mass is 32.2. The van der Waals surface area contributed by atoms with Gasteiger partial charge in [-0.1, -0.05) is 41.5 Å². The molecular weight excluding hydrogens is 262 g/mol. The summed E-state index contributed by atoms with van der Waals surface area (Å²) in [6, 6.07) is 0.617. The van der Waals surface area contributed by atoms with E-state index in [0.717, 1.165) is 5.92 Å². The molecule has 1 nitrogen and oxygen atoms in total. The molecule has 0 radical (unpaired) electrons. The summed E-state index contributed by atoms with van der Waals surface area (Å²) in [6.07, 6.45) is 7.13. The first-order valence-corrected chi connectivity index (χ1v) is 9.76. The second kappa shape index (κ2) is 8.08. The van der Waals surface area contributed by atoms with Crippen LogP contribution >= 0.6 is 11.8 Å². The zero-order valence-electron chi connectivity index (χ0n) is 14.7. The van der Waals surface area contributed by atoms with Crippen molar-refractivity contribution >= 4 is 11.8 Å². The standard InChI is InChI=1S/C18H37NS/c1-7-20-13-12-18(14-19-15(2)3)10-8-16(9-11-18)17(4,5)6/h15-16,19H,7-14H2,1-6H3. The molecule has 1 aliphatic rings. The molecule has 1 fully saturated rings. The minimum atomic E-state index is 0.496. The largest absolute Gasteiger partial charge is 0.314 e. The van der Waals surface area contributed by atoms with Crippen LogP contribution in [0.15, 0.2) is 0 Å². The van der Waals surface area contributed by atoms with Crippen molar-refractivity contribution in [3.05, 3.63) is 0 Å². The molecule has 0 aromatic rings. The van der Waals surface area contributed by atoms with Crippen molar-refractivity contribution in [1.29, 1.82) is 0 Å². The van der Waals surface area contributed by atoms with E-state index in [-0.39, 0.29) is 0 Å². The van der Waals surface area contributed by atoms with Crippen molar-refractivity contribution in [2.24, 2.45) is 16.7 Å². The molecule has 1 rings (SSSR count). The van der Waals surface area contributed by atoms with E-state index in [1.54, 1.807) is 0 Å². The van der Waals surface area contributed by atoms with Gasteiger partial charge in [-0.05, 0) is 60.4 Å². The summed E-state index contributed by atoms with van der Waals surface area (Å²) in [4.78, 5) is 0. The molecule has 0 aromatic heterocycles. The summed E-state index contributed by atoms with van der Waals surface area (Å²) in [5.74, 6) is 3.53. The van der Waals surface area contributed by atoms with Gasteiger partial charge in [0.25, 0.3) is 0 Å². The Morgan fingerprint density at radius 1 is 1.20 bits per heavy atom. The zero-order chi connectivity index (χ0) is 15.2. The average molecular weight is 300 g/mol. The summed E-state index contributed by atoms with van der Waals surface area (Å²) >= 11 is 2.11. The molecule has 0 saturated heterocycles. The van der Waals surface area contributed by atoms with Crippen molar-refractivity contribution in [3.63, 3.8) is 0 Å². The van der Waals surface area contributed by atoms with Gasteiger partial charge < -0.3 is 5.32 Å². The summed E-state index contributed by atoms with van der Waals surface area (Å²) in [5.41, 5.74) is 1.07. The Morgan fingerprint density at radius 2 is 1.80 bits per heavy atom. The third kappa shape index (κ3) is 5.97. The number of nitrogens with one attached hydrogen (secondary N) is 1. The average Bonchev–Trinajstić information content (AvgIpc) is 2.36. The first kappa shape index (κ1) is 18.4. The molecule has 0 aromatic carbocycles. The highest BCUT2D eigenvalue weighted by Gasteiger charge is 2.38. The number of hydrogen-bond donors (Lipinski definition) is 1. The SMILES string of the molecule is CCSCCC1(CNC(C)C)CCC(C(C)(C)C)CC1. The lowest BCUT2D eigenvalue weighted by molar-refractivity contribution is 0.0826. The third-order valence-corrected chi connectivity index (χ3v) is 6.04. The van der Waals surface area contributed by atoms with E-state index in [4.69, 9.17) is 0 Å². The van der Waals surface area contributed by atoms with Gasteiger partial charge in [0.2, 0.25) is 0 Å². The van der Waals surface area contributed by atoms with Gasteiger partial charge in [0, 0.05) is 12.6 Å². The monoisotopic (exact) mass is 299 g/mol. The van der Waals surface area contributed by atoms with Crippen LogP contribution in [0, 0.1) is 16.7 Å². The molecule has 0 atom stereocenters. The maximum atomic E-state index is 3.73. The van der Waals surface area contributed by atoms with Gasteiger partial charge >= 0.3 is 0 Å². The van der Waals surface area contributed by atoms with Crippen molar-refractivity contribution in [3.8, 4) is 0 Å². The maximum Gasteiger partial charge on any atom is 0.00106 e. The van der Waals surface area contributed by atoms with Crippen LogP contribution in [0.5, 0.6) is 0 Å². The predicted molar refractivity (Wildman–Crippen MR) is 94.6 cm³/mol. The molecule has 1 aliphatic carbocycles. The Hall–Kier alpha value is 0.310. The van der Waals surface area contributed by atoms with Crippen LogP contribution in [0.2, 0.25) is 0 Å². The van der Waals surface area contributed by atoms with Gasteiger partial charge in [-0.2, -0.15) is 11.8 Å². The van der Waals surface area contributed by atoms with E-state index in [1.807, 2.05) is 0 Å². The molecule has 0 amide bonds. The quantitative estimate of drug-likeness (QED) is 0.636. The smallest absolute Gasteiger partial charge is 0.00106 e. The van der Waals surface area contributed by atoms with E-state index in [2.05, 4.69) is 58.6 Å². The highest BCUT2D eigenvalue weighted by Crippen LogP contribution is 2.47. The number of thioether (sulfide) groups is 1. The Kier molecular flexibility index (Phi) is 7.41. The van der Waals surface area contributed by atoms with Gasteiger partial charge in [0.15, 0.2) is 0 Å². The first-order valence-electron chi connectivity index (χ1n) is 8.60. The topological polar surface area (TPSA) is 12.0 Å². The van der Waals surface area contributed by atoms with Gasteiger partial charge in [0.05, 0.1) is 0 Å². The fraction of sp³-hybridized carbons (Fsp3) is 1.00. The maximum absolute atomic E-state index is 3.73. The second-order valence-corrected chi connectivity index (χ2v) is 9.52. The third-order valence-electron chi connectivity index (χ3n) is 5.14. The van der Waals surface area contributed by atoms with Crippen LogP contribution in [0.25, 0.3) is 0 Å². The van der Waals surface area contributed by atoms with Crippen LogP contribution in [0.1, 0.15) is 73.6 Å². The normalized spacial score (nSPS) is 28.1. The lowest BCUT2D eigenvalue weighted by Crippen LogP contribution is -2.42. The van der Waals surface area contributed by atoms with Crippen molar-refractivity contribution in [2.75, 3.05) is 18.1 Å². The van der Waals surface area contributed by atoms with E-state index in [1.165, 1.54) is 50.2 Å². The Balaban J connectivity index is 2.57. The van der Waals surface area contributed by atoms with Gasteiger partial charge in [-0.25, -0.2) is 0 Å². The fourth-order valence-electron chi connectivity index (χ4n) is 3.47. The second-order valence-electron chi connectivity index (χ2n) is 8.12. The molecule has 0 aliphatic heterocycles. The summed E-state index contributed by atoms with van der Waals surface area (Å²) in [7, 11) is 0. The summed E-state index contributed by atoms with van der Waals surface area (Å²) in [6.45, 7) is 15.3. The Labute approximate surface area is 132 Å². The molecule has 120 valence electrons. The van der Waals surface area contributed by atoms with E-state index in [0.29, 0.717) is 16.9 Å². The molecule has 0 spiro atoms. The van der Waals surface area contributed by atoms with Gasteiger partial charge in [-0.3, -0.25) is 0 Å². The summed E-state index contributed by atoms with van der Waals surface area (Å²) < 4.78 is 0. The lowest BCUT2D eigenvalue weighted by atomic mass is 9.63.